The number of hydrogen-bond donors (Lipinski definition) is 2. The summed E-state index contributed by atoms with van der Waals surface area (Å²) in [6.07, 6.45) is -0.393. The summed E-state index contributed by atoms with van der Waals surface area (Å²) in [7, 11) is 0. The van der Waals surface area contributed by atoms with Crippen LogP contribution in [-0.2, 0) is 4.74 Å². The van der Waals surface area contributed by atoms with Gasteiger partial charge in [-0.15, -0.1) is 0 Å². The van der Waals surface area contributed by atoms with Gasteiger partial charge in [0.05, 0.1) is 25.4 Å². The van der Waals surface area contributed by atoms with Crippen LogP contribution >= 0.6 is 0 Å². The maximum atomic E-state index is 9.53. The Morgan fingerprint density at radius 3 is 2.93 bits per heavy atom. The molecule has 0 spiro atoms. The van der Waals surface area contributed by atoms with Gasteiger partial charge in [-0.3, -0.25) is 0 Å². The second-order valence-electron chi connectivity index (χ2n) is 3.73. The number of nitrogens with one attached hydrogen (secondary N) is 1. The van der Waals surface area contributed by atoms with Crippen molar-refractivity contribution in [1.29, 1.82) is 0 Å². The fourth-order valence-corrected chi connectivity index (χ4v) is 1.63. The zero-order chi connectivity index (χ0) is 9.97. The molecule has 14 heavy (non-hydrogen) atoms. The number of rotatable bonds is 2. The van der Waals surface area contributed by atoms with Crippen molar-refractivity contribution in [2.45, 2.75) is 19.1 Å². The highest BCUT2D eigenvalue weighted by atomic mass is 16.5. The lowest BCUT2D eigenvalue weighted by atomic mass is 10.1. The number of ether oxygens (including phenoxy) is 1. The Labute approximate surface area is 83.7 Å². The van der Waals surface area contributed by atoms with Gasteiger partial charge in [0.1, 0.15) is 0 Å². The van der Waals surface area contributed by atoms with Crippen LogP contribution in [-0.4, -0.2) is 30.5 Å². The Morgan fingerprint density at radius 1 is 1.43 bits per heavy atom. The van der Waals surface area contributed by atoms with Crippen LogP contribution in [0.1, 0.15) is 5.56 Å². The first kappa shape index (κ1) is 9.49. The van der Waals surface area contributed by atoms with Gasteiger partial charge in [-0.05, 0) is 24.6 Å². The number of hydrogen-bond acceptors (Lipinski definition) is 3. The van der Waals surface area contributed by atoms with Crippen molar-refractivity contribution in [3.8, 4) is 0 Å². The van der Waals surface area contributed by atoms with E-state index in [-0.39, 0.29) is 6.04 Å². The van der Waals surface area contributed by atoms with Crippen LogP contribution in [0.15, 0.2) is 24.3 Å². The quantitative estimate of drug-likeness (QED) is 0.740. The molecule has 3 nitrogen and oxygen atoms in total. The van der Waals surface area contributed by atoms with Crippen molar-refractivity contribution in [1.82, 2.24) is 0 Å². The second kappa shape index (κ2) is 3.98. The topological polar surface area (TPSA) is 41.5 Å². The van der Waals surface area contributed by atoms with E-state index < -0.39 is 6.10 Å². The van der Waals surface area contributed by atoms with E-state index in [1.807, 2.05) is 25.1 Å². The number of aliphatic hydroxyl groups excluding tert-OH is 1. The Balaban J connectivity index is 2.03. The smallest absolute Gasteiger partial charge is 0.0996 e. The van der Waals surface area contributed by atoms with Gasteiger partial charge in [0, 0.05) is 5.69 Å². The molecular formula is C11H15NO2. The van der Waals surface area contributed by atoms with Crippen molar-refractivity contribution in [3.05, 3.63) is 29.8 Å². The molecule has 2 rings (SSSR count). The monoisotopic (exact) mass is 193 g/mol. The molecule has 1 fully saturated rings. The number of benzene rings is 1. The average Bonchev–Trinajstić information content (AvgIpc) is 2.52. The molecule has 1 aliphatic heterocycles. The fourth-order valence-electron chi connectivity index (χ4n) is 1.63. The zero-order valence-electron chi connectivity index (χ0n) is 8.23. The number of anilines is 1. The molecule has 0 bridgehead atoms. The van der Waals surface area contributed by atoms with Crippen molar-refractivity contribution < 1.29 is 9.84 Å². The minimum atomic E-state index is -0.393. The molecule has 1 aromatic carbocycles. The maximum Gasteiger partial charge on any atom is 0.0996 e. The summed E-state index contributed by atoms with van der Waals surface area (Å²) >= 11 is 0. The molecule has 1 aliphatic rings. The number of aliphatic hydroxyl groups is 1. The van der Waals surface area contributed by atoms with Crippen LogP contribution in [0.2, 0.25) is 0 Å². The van der Waals surface area contributed by atoms with Crippen LogP contribution in [0, 0.1) is 6.92 Å². The normalized spacial score (nSPS) is 26.4. The van der Waals surface area contributed by atoms with Crippen molar-refractivity contribution in [2.24, 2.45) is 0 Å². The van der Waals surface area contributed by atoms with Crippen LogP contribution in [0.4, 0.5) is 5.69 Å². The maximum absolute atomic E-state index is 9.53. The zero-order valence-corrected chi connectivity index (χ0v) is 8.23. The van der Waals surface area contributed by atoms with E-state index >= 15 is 0 Å². The van der Waals surface area contributed by atoms with Gasteiger partial charge in [-0.2, -0.15) is 0 Å². The third-order valence-electron chi connectivity index (χ3n) is 2.42. The third-order valence-corrected chi connectivity index (χ3v) is 2.42. The SMILES string of the molecule is Cc1cccc(N[C@H]2COC[C@H]2O)c1. The van der Waals surface area contributed by atoms with Gasteiger partial charge in [0.2, 0.25) is 0 Å². The van der Waals surface area contributed by atoms with E-state index in [4.69, 9.17) is 4.74 Å². The molecule has 1 heterocycles. The molecule has 0 amide bonds. The van der Waals surface area contributed by atoms with Gasteiger partial charge >= 0.3 is 0 Å². The van der Waals surface area contributed by atoms with Crippen molar-refractivity contribution in [3.63, 3.8) is 0 Å². The lowest BCUT2D eigenvalue weighted by molar-refractivity contribution is 0.125. The Morgan fingerprint density at radius 2 is 2.29 bits per heavy atom. The van der Waals surface area contributed by atoms with Crippen molar-refractivity contribution >= 4 is 5.69 Å². The van der Waals surface area contributed by atoms with Gasteiger partial charge in [-0.1, -0.05) is 12.1 Å². The highest BCUT2D eigenvalue weighted by Crippen LogP contribution is 2.15. The summed E-state index contributed by atoms with van der Waals surface area (Å²) in [6, 6.07) is 8.13. The van der Waals surface area contributed by atoms with Crippen molar-refractivity contribution in [2.75, 3.05) is 18.5 Å². The Hall–Kier alpha value is -1.06. The molecule has 0 aromatic heterocycles. The molecule has 2 N–H and O–H groups in total. The van der Waals surface area contributed by atoms with E-state index in [9.17, 15) is 5.11 Å². The highest BCUT2D eigenvalue weighted by Gasteiger charge is 2.25. The summed E-state index contributed by atoms with van der Waals surface area (Å²) in [5, 5.41) is 12.8. The average molecular weight is 193 g/mol. The van der Waals surface area contributed by atoms with E-state index in [0.717, 1.165) is 5.69 Å². The molecule has 0 aliphatic carbocycles. The fraction of sp³-hybridized carbons (Fsp3) is 0.455. The lowest BCUT2D eigenvalue weighted by Gasteiger charge is -2.16. The summed E-state index contributed by atoms with van der Waals surface area (Å²) in [5.74, 6) is 0. The summed E-state index contributed by atoms with van der Waals surface area (Å²) in [5.41, 5.74) is 2.25. The van der Waals surface area contributed by atoms with Crippen LogP contribution < -0.4 is 5.32 Å². The second-order valence-corrected chi connectivity index (χ2v) is 3.73. The first-order chi connectivity index (χ1) is 6.75. The molecule has 1 saturated heterocycles. The third kappa shape index (κ3) is 2.05. The lowest BCUT2D eigenvalue weighted by Crippen LogP contribution is -2.31. The van der Waals surface area contributed by atoms with Crippen LogP contribution in [0.3, 0.4) is 0 Å². The van der Waals surface area contributed by atoms with Gasteiger partial charge in [0.25, 0.3) is 0 Å². The van der Waals surface area contributed by atoms with E-state index in [1.165, 1.54) is 5.56 Å². The predicted octanol–water partition coefficient (Wildman–Crippen LogP) is 1.17. The molecule has 76 valence electrons. The van der Waals surface area contributed by atoms with E-state index in [0.29, 0.717) is 13.2 Å². The highest BCUT2D eigenvalue weighted by molar-refractivity contribution is 5.46. The summed E-state index contributed by atoms with van der Waals surface area (Å²) in [6.45, 7) is 3.06. The molecule has 0 saturated carbocycles. The standard InChI is InChI=1S/C11H15NO2/c1-8-3-2-4-9(5-8)12-10-6-14-7-11(10)13/h2-5,10-13H,6-7H2,1H3/t10-,11+/m0/s1. The van der Waals surface area contributed by atoms with Gasteiger partial charge in [0.15, 0.2) is 0 Å². The minimum Gasteiger partial charge on any atom is -0.388 e. The summed E-state index contributed by atoms with van der Waals surface area (Å²) < 4.78 is 5.16. The largest absolute Gasteiger partial charge is 0.388 e. The van der Waals surface area contributed by atoms with Crippen LogP contribution in [0.25, 0.3) is 0 Å². The predicted molar refractivity (Wildman–Crippen MR) is 55.4 cm³/mol. The number of aryl methyl sites for hydroxylation is 1. The molecular weight excluding hydrogens is 178 g/mol. The van der Waals surface area contributed by atoms with E-state index in [1.54, 1.807) is 0 Å². The molecule has 2 atom stereocenters. The Kier molecular flexibility index (Phi) is 2.70. The summed E-state index contributed by atoms with van der Waals surface area (Å²) in [4.78, 5) is 0. The minimum absolute atomic E-state index is 0.0248. The van der Waals surface area contributed by atoms with Crippen LogP contribution in [0.5, 0.6) is 0 Å². The molecule has 0 unspecified atom stereocenters. The first-order valence-electron chi connectivity index (χ1n) is 4.85. The van der Waals surface area contributed by atoms with Gasteiger partial charge in [-0.25, -0.2) is 0 Å². The molecule has 3 heteroatoms. The Bertz CT molecular complexity index is 314. The van der Waals surface area contributed by atoms with E-state index in [2.05, 4.69) is 11.4 Å². The molecule has 1 aromatic rings. The first-order valence-corrected chi connectivity index (χ1v) is 4.85. The molecule has 0 radical (unpaired) electrons. The van der Waals surface area contributed by atoms with Gasteiger partial charge < -0.3 is 15.2 Å².